The monoisotopic (exact) mass is 428 g/mol. The number of methoxy groups -OCH3 is 2. The van der Waals surface area contributed by atoms with Crippen molar-refractivity contribution in [2.75, 3.05) is 14.2 Å². The molecule has 0 atom stereocenters. The van der Waals surface area contributed by atoms with Crippen molar-refractivity contribution < 1.29 is 14.3 Å². The van der Waals surface area contributed by atoms with Crippen molar-refractivity contribution in [2.24, 2.45) is 0 Å². The second-order valence-corrected chi connectivity index (χ2v) is 8.22. The number of benzene rings is 2. The van der Waals surface area contributed by atoms with Crippen molar-refractivity contribution in [3.05, 3.63) is 65.9 Å². The third kappa shape index (κ3) is 5.03. The predicted octanol–water partition coefficient (Wildman–Crippen LogP) is 4.67. The summed E-state index contributed by atoms with van der Waals surface area (Å²) >= 11 is 0. The minimum Gasteiger partial charge on any atom is -0.493 e. The fourth-order valence-corrected chi connectivity index (χ4v) is 4.25. The van der Waals surface area contributed by atoms with Crippen molar-refractivity contribution in [3.63, 3.8) is 0 Å². The van der Waals surface area contributed by atoms with Crippen LogP contribution in [0.15, 0.2) is 54.7 Å². The number of hydrogen-bond acceptors (Lipinski definition) is 4. The topological polar surface area (TPSA) is 60.5 Å². The van der Waals surface area contributed by atoms with E-state index in [9.17, 15) is 4.79 Å². The third-order valence-corrected chi connectivity index (χ3v) is 5.94. The Hall–Kier alpha value is -3.52. The number of aromatic nitrogens is 1. The van der Waals surface area contributed by atoms with Gasteiger partial charge in [0, 0.05) is 17.1 Å². The molecule has 0 bridgehead atoms. The van der Waals surface area contributed by atoms with E-state index in [2.05, 4.69) is 28.2 Å². The van der Waals surface area contributed by atoms with Gasteiger partial charge in [-0.05, 0) is 42.7 Å². The van der Waals surface area contributed by atoms with Crippen LogP contribution < -0.4 is 14.8 Å². The molecule has 4 rings (SSSR count). The summed E-state index contributed by atoms with van der Waals surface area (Å²) < 4.78 is 10.6. The highest BCUT2D eigenvalue weighted by molar-refractivity contribution is 5.81. The number of amides is 1. The van der Waals surface area contributed by atoms with E-state index in [0.29, 0.717) is 11.5 Å². The van der Waals surface area contributed by atoms with Crippen LogP contribution in [0.25, 0.3) is 10.9 Å². The Morgan fingerprint density at radius 1 is 1.03 bits per heavy atom. The highest BCUT2D eigenvalue weighted by Crippen LogP contribution is 2.30. The Bertz CT molecular complexity index is 1170. The van der Waals surface area contributed by atoms with Gasteiger partial charge in [0.05, 0.1) is 26.2 Å². The Morgan fingerprint density at radius 3 is 2.59 bits per heavy atom. The van der Waals surface area contributed by atoms with Crippen LogP contribution in [0.4, 0.5) is 0 Å². The molecule has 0 aliphatic heterocycles. The summed E-state index contributed by atoms with van der Waals surface area (Å²) in [5.74, 6) is 7.92. The fraction of sp³-hybridized carbons (Fsp3) is 0.333. The molecule has 0 unspecified atom stereocenters. The van der Waals surface area contributed by atoms with Crippen LogP contribution in [0, 0.1) is 11.8 Å². The molecular weight excluding hydrogens is 400 g/mol. The molecule has 3 aromatic rings. The molecule has 1 aliphatic carbocycles. The van der Waals surface area contributed by atoms with Gasteiger partial charge in [0.1, 0.15) is 5.54 Å². The molecule has 1 aliphatic rings. The van der Waals surface area contributed by atoms with Crippen molar-refractivity contribution in [1.82, 2.24) is 10.3 Å². The molecule has 1 fully saturated rings. The number of hydrogen-bond donors (Lipinski definition) is 1. The summed E-state index contributed by atoms with van der Waals surface area (Å²) in [5, 5.41) is 4.31. The van der Waals surface area contributed by atoms with E-state index >= 15 is 0 Å². The number of carbonyl (C=O) groups is 1. The minimum absolute atomic E-state index is 0.0370. The zero-order chi connectivity index (χ0) is 22.4. The number of nitrogens with one attached hydrogen (secondary N) is 1. The van der Waals surface area contributed by atoms with E-state index in [1.807, 2.05) is 42.5 Å². The average Bonchev–Trinajstić information content (AvgIpc) is 2.83. The Labute approximate surface area is 189 Å². The first kappa shape index (κ1) is 21.7. The molecule has 164 valence electrons. The molecule has 1 aromatic heterocycles. The molecule has 5 nitrogen and oxygen atoms in total. The average molecular weight is 429 g/mol. The van der Waals surface area contributed by atoms with Crippen LogP contribution in [0.2, 0.25) is 0 Å². The largest absolute Gasteiger partial charge is 0.493 e. The number of ether oxygens (including phenoxy) is 2. The number of nitrogens with zero attached hydrogens (tertiary/aromatic N) is 1. The van der Waals surface area contributed by atoms with E-state index < -0.39 is 5.54 Å². The summed E-state index contributed by atoms with van der Waals surface area (Å²) in [4.78, 5) is 17.5. The maximum Gasteiger partial charge on any atom is 0.225 e. The maximum absolute atomic E-state index is 13.0. The lowest BCUT2D eigenvalue weighted by molar-refractivity contribution is -0.122. The van der Waals surface area contributed by atoms with Gasteiger partial charge in [-0.25, -0.2) is 0 Å². The lowest BCUT2D eigenvalue weighted by Gasteiger charge is -2.33. The van der Waals surface area contributed by atoms with Gasteiger partial charge in [0.25, 0.3) is 0 Å². The normalized spacial score (nSPS) is 14.8. The van der Waals surface area contributed by atoms with Gasteiger partial charge in [-0.15, -0.1) is 0 Å². The molecule has 32 heavy (non-hydrogen) atoms. The first-order valence-electron chi connectivity index (χ1n) is 11.0. The minimum atomic E-state index is -0.502. The van der Waals surface area contributed by atoms with Gasteiger partial charge in [0.2, 0.25) is 5.91 Å². The molecule has 0 spiro atoms. The van der Waals surface area contributed by atoms with Gasteiger partial charge in [-0.2, -0.15) is 0 Å². The Kier molecular flexibility index (Phi) is 6.61. The van der Waals surface area contributed by atoms with E-state index in [4.69, 9.17) is 9.47 Å². The highest BCUT2D eigenvalue weighted by Gasteiger charge is 2.31. The summed E-state index contributed by atoms with van der Waals surface area (Å²) in [6.07, 6.45) is 7.07. The molecule has 0 saturated heterocycles. The quantitative estimate of drug-likeness (QED) is 0.600. The first-order chi connectivity index (χ1) is 15.6. The molecule has 0 radical (unpaired) electrons. The number of rotatable bonds is 5. The molecule has 2 aromatic carbocycles. The first-order valence-corrected chi connectivity index (χ1v) is 11.0. The van der Waals surface area contributed by atoms with Crippen molar-refractivity contribution >= 4 is 16.8 Å². The van der Waals surface area contributed by atoms with Crippen molar-refractivity contribution in [1.29, 1.82) is 0 Å². The predicted molar refractivity (Wildman–Crippen MR) is 126 cm³/mol. The van der Waals surface area contributed by atoms with Gasteiger partial charge in [0.15, 0.2) is 11.5 Å². The Morgan fingerprint density at radius 2 is 1.81 bits per heavy atom. The zero-order valence-corrected chi connectivity index (χ0v) is 18.6. The van der Waals surface area contributed by atoms with Crippen LogP contribution >= 0.6 is 0 Å². The van der Waals surface area contributed by atoms with Gasteiger partial charge in [-0.1, -0.05) is 55.4 Å². The molecule has 1 amide bonds. The van der Waals surface area contributed by atoms with E-state index in [1.165, 1.54) is 6.42 Å². The summed E-state index contributed by atoms with van der Waals surface area (Å²) in [5.41, 5.74) is 2.19. The number of pyridine rings is 1. The van der Waals surface area contributed by atoms with Gasteiger partial charge >= 0.3 is 0 Å². The zero-order valence-electron chi connectivity index (χ0n) is 18.6. The van der Waals surface area contributed by atoms with Crippen LogP contribution in [0.1, 0.15) is 43.2 Å². The second kappa shape index (κ2) is 9.74. The lowest BCUT2D eigenvalue weighted by Crippen LogP contribution is -2.49. The van der Waals surface area contributed by atoms with Crippen molar-refractivity contribution in [2.45, 2.75) is 44.1 Å². The number of carbonyl (C=O) groups excluding carboxylic acids is 1. The van der Waals surface area contributed by atoms with Gasteiger partial charge < -0.3 is 14.8 Å². The fourth-order valence-electron chi connectivity index (χ4n) is 4.25. The van der Waals surface area contributed by atoms with Crippen LogP contribution in [0.5, 0.6) is 11.5 Å². The van der Waals surface area contributed by atoms with Crippen LogP contribution in [-0.2, 0) is 11.2 Å². The molecular formula is C27H28N2O3. The van der Waals surface area contributed by atoms with E-state index in [0.717, 1.165) is 47.7 Å². The van der Waals surface area contributed by atoms with E-state index in [-0.39, 0.29) is 12.3 Å². The third-order valence-electron chi connectivity index (χ3n) is 5.94. The number of para-hydroxylation sites is 1. The highest BCUT2D eigenvalue weighted by atomic mass is 16.5. The summed E-state index contributed by atoms with van der Waals surface area (Å²) in [6, 6.07) is 15.6. The number of fused-ring (bicyclic) bond motifs is 1. The Balaban J connectivity index is 1.53. The molecule has 1 heterocycles. The molecule has 1 saturated carbocycles. The molecule has 1 N–H and O–H groups in total. The standard InChI is InChI=1S/C27H28N2O3/c1-31-24-11-10-20(17-25(24)32-2)18-26(30)29-27(13-6-3-7-14-27)15-12-21-16-22-8-4-5-9-23(22)28-19-21/h4-5,8-11,16-17,19H,3,6-7,13-14,18H2,1-2H3,(H,29,30). The van der Waals surface area contributed by atoms with Crippen LogP contribution in [0.3, 0.4) is 0 Å². The maximum atomic E-state index is 13.0. The summed E-state index contributed by atoms with van der Waals surface area (Å²) in [6.45, 7) is 0. The van der Waals surface area contributed by atoms with Gasteiger partial charge in [-0.3, -0.25) is 9.78 Å². The van der Waals surface area contributed by atoms with Crippen molar-refractivity contribution in [3.8, 4) is 23.3 Å². The molecule has 5 heteroatoms. The summed E-state index contributed by atoms with van der Waals surface area (Å²) in [7, 11) is 3.19. The second-order valence-electron chi connectivity index (χ2n) is 8.22. The SMILES string of the molecule is COc1ccc(CC(=O)NC2(C#Cc3cnc4ccccc4c3)CCCCC2)cc1OC. The van der Waals surface area contributed by atoms with Crippen LogP contribution in [-0.4, -0.2) is 30.6 Å². The lowest BCUT2D eigenvalue weighted by atomic mass is 9.81. The smallest absolute Gasteiger partial charge is 0.225 e. The van der Waals surface area contributed by atoms with E-state index in [1.54, 1.807) is 20.4 Å².